The molecule has 0 unspecified atom stereocenters. The van der Waals surface area contributed by atoms with Gasteiger partial charge in [0.15, 0.2) is 11.6 Å². The first-order valence-electron chi connectivity index (χ1n) is 8.93. The molecule has 0 amide bonds. The summed E-state index contributed by atoms with van der Waals surface area (Å²) in [6.07, 6.45) is 9.29. The molecule has 1 aliphatic carbocycles. The second-order valence-corrected chi connectivity index (χ2v) is 6.91. The lowest BCUT2D eigenvalue weighted by Crippen LogP contribution is -2.37. The number of hydrogen-bond donors (Lipinski definition) is 0. The van der Waals surface area contributed by atoms with E-state index < -0.39 is 0 Å². The van der Waals surface area contributed by atoms with Crippen molar-refractivity contribution < 1.29 is 4.39 Å². The summed E-state index contributed by atoms with van der Waals surface area (Å²) < 4.78 is 14.1. The summed E-state index contributed by atoms with van der Waals surface area (Å²) in [6, 6.07) is 7.30. The van der Waals surface area contributed by atoms with Crippen molar-refractivity contribution in [2.75, 3.05) is 18.0 Å². The molecule has 0 bridgehead atoms. The number of hydrogen-bond acceptors (Lipinski definition) is 5. The Kier molecular flexibility index (Phi) is 3.62. The topological polar surface area (TPSA) is 54.8 Å². The van der Waals surface area contributed by atoms with E-state index in [0.29, 0.717) is 23.5 Å². The monoisotopic (exact) mass is 347 g/mol. The van der Waals surface area contributed by atoms with E-state index in [4.69, 9.17) is 0 Å². The first-order chi connectivity index (χ1) is 12.8. The Balaban J connectivity index is 1.34. The third-order valence-corrected chi connectivity index (χ3v) is 5.25. The lowest BCUT2D eigenvalue weighted by atomic mass is 10.0. The van der Waals surface area contributed by atoms with Gasteiger partial charge in [0.25, 0.3) is 0 Å². The first-order valence-corrected chi connectivity index (χ1v) is 8.93. The highest BCUT2D eigenvalue weighted by molar-refractivity contribution is 5.54. The van der Waals surface area contributed by atoms with E-state index >= 15 is 0 Å². The molecule has 5 nitrogen and oxygen atoms in total. The molecule has 0 spiro atoms. The van der Waals surface area contributed by atoms with E-state index in [2.05, 4.69) is 24.8 Å². The van der Waals surface area contributed by atoms with Gasteiger partial charge in [-0.15, -0.1) is 0 Å². The molecular formula is C20H18FN5. The normalized spacial score (nSPS) is 21.3. The molecule has 1 saturated carbocycles. The minimum Gasteiger partial charge on any atom is -0.369 e. The second kappa shape index (κ2) is 6.12. The molecule has 5 rings (SSSR count). The van der Waals surface area contributed by atoms with Gasteiger partial charge in [-0.1, -0.05) is 6.07 Å². The Morgan fingerprint density at radius 1 is 0.885 bits per heavy atom. The average molecular weight is 347 g/mol. The number of rotatable bonds is 4. The van der Waals surface area contributed by atoms with Crippen molar-refractivity contribution in [3.05, 3.63) is 66.0 Å². The minimum atomic E-state index is -0.124. The zero-order chi connectivity index (χ0) is 17.5. The van der Waals surface area contributed by atoms with Crippen molar-refractivity contribution in [1.29, 1.82) is 0 Å². The fourth-order valence-electron chi connectivity index (χ4n) is 3.55. The SMILES string of the molecule is Fc1ccc([C@H]2C[C@H]2c2cnc(-c3ncccn3)nc2)cc1N1CCC1. The van der Waals surface area contributed by atoms with Crippen LogP contribution in [-0.4, -0.2) is 33.0 Å². The smallest absolute Gasteiger partial charge is 0.197 e. The molecule has 1 aliphatic heterocycles. The van der Waals surface area contributed by atoms with Gasteiger partial charge in [0.1, 0.15) is 5.82 Å². The Morgan fingerprint density at radius 2 is 1.58 bits per heavy atom. The maximum Gasteiger partial charge on any atom is 0.197 e. The number of aromatic nitrogens is 4. The number of anilines is 1. The summed E-state index contributed by atoms with van der Waals surface area (Å²) in [7, 11) is 0. The standard InChI is InChI=1S/C20H18FN5/c21-17-4-3-13(9-18(17)26-7-2-8-26)15-10-16(15)14-11-24-20(25-12-14)19-22-5-1-6-23-19/h1,3-6,9,11-12,15-16H,2,7-8,10H2/t15-,16+/m1/s1. The maximum absolute atomic E-state index is 14.1. The Hall–Kier alpha value is -2.89. The van der Waals surface area contributed by atoms with E-state index in [-0.39, 0.29) is 5.82 Å². The van der Waals surface area contributed by atoms with Crippen LogP contribution >= 0.6 is 0 Å². The van der Waals surface area contributed by atoms with Gasteiger partial charge in [-0.05, 0) is 54.0 Å². The van der Waals surface area contributed by atoms with Crippen LogP contribution in [0.25, 0.3) is 11.6 Å². The van der Waals surface area contributed by atoms with Crippen LogP contribution < -0.4 is 4.90 Å². The van der Waals surface area contributed by atoms with E-state index in [1.807, 2.05) is 24.5 Å². The molecule has 0 radical (unpaired) electrons. The van der Waals surface area contributed by atoms with Crippen LogP contribution in [0.15, 0.2) is 49.1 Å². The third kappa shape index (κ3) is 2.71. The first kappa shape index (κ1) is 15.4. The van der Waals surface area contributed by atoms with Crippen LogP contribution in [0, 0.1) is 5.82 Å². The van der Waals surface area contributed by atoms with Crippen LogP contribution in [0.5, 0.6) is 0 Å². The predicted molar refractivity (Wildman–Crippen MR) is 96.4 cm³/mol. The van der Waals surface area contributed by atoms with Gasteiger partial charge in [0.2, 0.25) is 0 Å². The van der Waals surface area contributed by atoms with Gasteiger partial charge >= 0.3 is 0 Å². The van der Waals surface area contributed by atoms with Crippen molar-refractivity contribution in [2.24, 2.45) is 0 Å². The van der Waals surface area contributed by atoms with Crippen LogP contribution in [0.4, 0.5) is 10.1 Å². The van der Waals surface area contributed by atoms with Crippen LogP contribution in [0.1, 0.15) is 35.8 Å². The largest absolute Gasteiger partial charge is 0.369 e. The molecule has 2 aromatic heterocycles. The second-order valence-electron chi connectivity index (χ2n) is 6.91. The van der Waals surface area contributed by atoms with Crippen molar-refractivity contribution in [2.45, 2.75) is 24.7 Å². The number of halogens is 1. The van der Waals surface area contributed by atoms with Gasteiger partial charge in [0, 0.05) is 37.9 Å². The summed E-state index contributed by atoms with van der Waals surface area (Å²) >= 11 is 0. The molecule has 2 atom stereocenters. The minimum absolute atomic E-state index is 0.124. The predicted octanol–water partition coefficient (Wildman–Crippen LogP) is 3.55. The fraction of sp³-hybridized carbons (Fsp3) is 0.300. The molecule has 0 N–H and O–H groups in total. The lowest BCUT2D eigenvalue weighted by Gasteiger charge is -2.33. The van der Waals surface area contributed by atoms with Crippen molar-refractivity contribution >= 4 is 5.69 Å². The maximum atomic E-state index is 14.1. The Bertz CT molecular complexity index is 925. The van der Waals surface area contributed by atoms with E-state index in [0.717, 1.165) is 37.2 Å². The van der Waals surface area contributed by atoms with Crippen LogP contribution in [0.2, 0.25) is 0 Å². The molecule has 1 aromatic carbocycles. The van der Waals surface area contributed by atoms with Gasteiger partial charge < -0.3 is 4.90 Å². The Labute approximate surface area is 151 Å². The van der Waals surface area contributed by atoms with E-state index in [1.54, 1.807) is 24.5 Å². The summed E-state index contributed by atoms with van der Waals surface area (Å²) in [5, 5.41) is 0. The van der Waals surface area contributed by atoms with Crippen LogP contribution in [-0.2, 0) is 0 Å². The molecule has 2 aliphatic rings. The fourth-order valence-corrected chi connectivity index (χ4v) is 3.55. The van der Waals surface area contributed by atoms with E-state index in [9.17, 15) is 4.39 Å². The molecule has 6 heteroatoms. The quantitative estimate of drug-likeness (QED) is 0.722. The summed E-state index contributed by atoms with van der Waals surface area (Å²) in [4.78, 5) is 19.3. The zero-order valence-corrected chi connectivity index (χ0v) is 14.2. The highest BCUT2D eigenvalue weighted by Gasteiger charge is 2.40. The summed E-state index contributed by atoms with van der Waals surface area (Å²) in [6.45, 7) is 1.90. The average Bonchev–Trinajstić information content (AvgIpc) is 3.44. The lowest BCUT2D eigenvalue weighted by molar-refractivity contribution is 0.572. The summed E-state index contributed by atoms with van der Waals surface area (Å²) in [5.74, 6) is 1.76. The van der Waals surface area contributed by atoms with E-state index in [1.165, 1.54) is 5.56 Å². The van der Waals surface area contributed by atoms with Gasteiger partial charge in [-0.3, -0.25) is 0 Å². The molecule has 26 heavy (non-hydrogen) atoms. The highest BCUT2D eigenvalue weighted by atomic mass is 19.1. The summed E-state index contributed by atoms with van der Waals surface area (Å²) in [5.41, 5.74) is 3.06. The molecule has 130 valence electrons. The van der Waals surface area contributed by atoms with Crippen LogP contribution in [0.3, 0.4) is 0 Å². The van der Waals surface area contributed by atoms with Gasteiger partial charge in [0.05, 0.1) is 5.69 Å². The van der Waals surface area contributed by atoms with Gasteiger partial charge in [-0.2, -0.15) is 0 Å². The molecule has 3 aromatic rings. The molecule has 3 heterocycles. The van der Waals surface area contributed by atoms with Crippen molar-refractivity contribution in [1.82, 2.24) is 19.9 Å². The van der Waals surface area contributed by atoms with Gasteiger partial charge in [-0.25, -0.2) is 24.3 Å². The molecule has 1 saturated heterocycles. The molecular weight excluding hydrogens is 329 g/mol. The zero-order valence-electron chi connectivity index (χ0n) is 14.2. The third-order valence-electron chi connectivity index (χ3n) is 5.25. The van der Waals surface area contributed by atoms with Crippen molar-refractivity contribution in [3.8, 4) is 11.6 Å². The van der Waals surface area contributed by atoms with Crippen molar-refractivity contribution in [3.63, 3.8) is 0 Å². The highest BCUT2D eigenvalue weighted by Crippen LogP contribution is 2.55. The number of benzene rings is 1. The molecule has 2 fully saturated rings. The number of nitrogens with zero attached hydrogens (tertiary/aromatic N) is 5. The Morgan fingerprint density at radius 3 is 2.27 bits per heavy atom.